The molecule has 0 unspecified atom stereocenters. The monoisotopic (exact) mass is 429 g/mol. The summed E-state index contributed by atoms with van der Waals surface area (Å²) in [7, 11) is -3.50. The van der Waals surface area contributed by atoms with Crippen molar-refractivity contribution in [1.82, 2.24) is 13.5 Å². The van der Waals surface area contributed by atoms with Gasteiger partial charge in [-0.2, -0.15) is 17.0 Å². The van der Waals surface area contributed by atoms with E-state index >= 15 is 0 Å². The molecular weight excluding hydrogens is 410 g/mol. The van der Waals surface area contributed by atoms with Crippen LogP contribution in [0, 0.1) is 0 Å². The number of carbonyl (C=O) groups is 1. The predicted molar refractivity (Wildman–Crippen MR) is 106 cm³/mol. The molecule has 2 saturated heterocycles. The zero-order valence-electron chi connectivity index (χ0n) is 14.6. The van der Waals surface area contributed by atoms with Crippen LogP contribution in [0.4, 0.5) is 0 Å². The van der Waals surface area contributed by atoms with Crippen molar-refractivity contribution in [2.24, 2.45) is 0 Å². The number of halogens is 1. The van der Waals surface area contributed by atoms with E-state index in [2.05, 4.69) is 0 Å². The van der Waals surface area contributed by atoms with Gasteiger partial charge in [0, 0.05) is 49.4 Å². The Balaban J connectivity index is 1.45. The van der Waals surface area contributed by atoms with Crippen LogP contribution in [0.25, 0.3) is 10.1 Å². The second kappa shape index (κ2) is 7.65. The van der Waals surface area contributed by atoms with E-state index in [0.29, 0.717) is 49.3 Å². The van der Waals surface area contributed by atoms with Gasteiger partial charge < -0.3 is 9.64 Å². The Labute approximate surface area is 167 Å². The highest BCUT2D eigenvalue weighted by atomic mass is 35.5. The van der Waals surface area contributed by atoms with Gasteiger partial charge >= 0.3 is 0 Å². The number of benzene rings is 1. The quantitative estimate of drug-likeness (QED) is 0.747. The predicted octanol–water partition coefficient (Wildman–Crippen LogP) is 1.89. The Morgan fingerprint density at radius 3 is 2.30 bits per heavy atom. The molecular formula is C17H20ClN3O4S2. The van der Waals surface area contributed by atoms with Gasteiger partial charge in [-0.3, -0.25) is 4.79 Å². The van der Waals surface area contributed by atoms with Crippen LogP contribution in [0.3, 0.4) is 0 Å². The maximum atomic E-state index is 12.9. The summed E-state index contributed by atoms with van der Waals surface area (Å²) in [6.45, 7) is 2.86. The Morgan fingerprint density at radius 1 is 1.00 bits per heavy atom. The molecule has 1 aromatic heterocycles. The summed E-state index contributed by atoms with van der Waals surface area (Å²) in [6, 6.07) is 7.65. The molecule has 0 radical (unpaired) electrons. The van der Waals surface area contributed by atoms with Gasteiger partial charge in [0.15, 0.2) is 0 Å². The number of ether oxygens (including phenoxy) is 1. The summed E-state index contributed by atoms with van der Waals surface area (Å²) < 4.78 is 34.6. The normalized spacial score (nSPS) is 20.3. The van der Waals surface area contributed by atoms with Gasteiger partial charge in [-0.25, -0.2) is 0 Å². The fourth-order valence-corrected chi connectivity index (χ4v) is 6.40. The van der Waals surface area contributed by atoms with Gasteiger partial charge in [0.1, 0.15) is 4.88 Å². The number of thiophene rings is 1. The van der Waals surface area contributed by atoms with Crippen molar-refractivity contribution in [3.05, 3.63) is 34.2 Å². The summed E-state index contributed by atoms with van der Waals surface area (Å²) in [5.41, 5.74) is 0. The van der Waals surface area contributed by atoms with Crippen molar-refractivity contribution < 1.29 is 17.9 Å². The fourth-order valence-electron chi connectivity index (χ4n) is 3.36. The highest BCUT2D eigenvalue weighted by Crippen LogP contribution is 2.36. The third kappa shape index (κ3) is 3.59. The number of fused-ring (bicyclic) bond motifs is 1. The van der Waals surface area contributed by atoms with Gasteiger partial charge in [0.25, 0.3) is 16.1 Å². The standard InChI is InChI=1S/C17H20ClN3O4S2/c18-15-13-3-1-2-4-14(13)26-16(15)17(22)19-5-7-20(8-6-19)27(23,24)21-9-11-25-12-10-21/h1-4H,5-12H2. The zero-order chi connectivity index (χ0) is 19.0. The second-order valence-corrected chi connectivity index (χ2v) is 9.81. The van der Waals surface area contributed by atoms with Crippen molar-refractivity contribution in [3.8, 4) is 0 Å². The molecule has 2 aliphatic heterocycles. The summed E-state index contributed by atoms with van der Waals surface area (Å²) in [5.74, 6) is -0.135. The van der Waals surface area contributed by atoms with Crippen molar-refractivity contribution in [2.75, 3.05) is 52.5 Å². The molecule has 0 spiro atoms. The minimum atomic E-state index is -3.50. The van der Waals surface area contributed by atoms with Crippen LogP contribution < -0.4 is 0 Å². The summed E-state index contributed by atoms with van der Waals surface area (Å²) in [5, 5.41) is 1.35. The van der Waals surface area contributed by atoms with Crippen LogP contribution >= 0.6 is 22.9 Å². The third-order valence-electron chi connectivity index (χ3n) is 4.88. The number of piperazine rings is 1. The molecule has 2 aromatic rings. The number of morpholine rings is 1. The van der Waals surface area contributed by atoms with E-state index in [0.717, 1.165) is 10.1 Å². The molecule has 0 saturated carbocycles. The summed E-state index contributed by atoms with van der Waals surface area (Å²) >= 11 is 7.79. The lowest BCUT2D eigenvalue weighted by Crippen LogP contribution is -2.55. The van der Waals surface area contributed by atoms with Crippen LogP contribution in [0.15, 0.2) is 24.3 Å². The average Bonchev–Trinajstić information content (AvgIpc) is 3.05. The molecule has 0 aliphatic carbocycles. The molecule has 1 aromatic carbocycles. The molecule has 1 amide bonds. The minimum absolute atomic E-state index is 0.135. The second-order valence-electron chi connectivity index (χ2n) is 6.45. The number of amides is 1. The van der Waals surface area contributed by atoms with E-state index in [9.17, 15) is 13.2 Å². The van der Waals surface area contributed by atoms with Crippen molar-refractivity contribution >= 4 is 49.1 Å². The largest absolute Gasteiger partial charge is 0.379 e. The fraction of sp³-hybridized carbons (Fsp3) is 0.471. The van der Waals surface area contributed by atoms with Crippen LogP contribution in [0.2, 0.25) is 5.02 Å². The minimum Gasteiger partial charge on any atom is -0.379 e. The molecule has 7 nitrogen and oxygen atoms in total. The Hall–Kier alpha value is -1.23. The molecule has 4 rings (SSSR count). The lowest BCUT2D eigenvalue weighted by molar-refractivity contribution is 0.0639. The summed E-state index contributed by atoms with van der Waals surface area (Å²) in [6.07, 6.45) is 0. The van der Waals surface area contributed by atoms with E-state index in [4.69, 9.17) is 16.3 Å². The Morgan fingerprint density at radius 2 is 1.63 bits per heavy atom. The molecule has 2 fully saturated rings. The first-order valence-electron chi connectivity index (χ1n) is 8.78. The van der Waals surface area contributed by atoms with E-state index in [-0.39, 0.29) is 19.0 Å². The molecule has 146 valence electrons. The van der Waals surface area contributed by atoms with E-state index < -0.39 is 10.2 Å². The maximum absolute atomic E-state index is 12.9. The lowest BCUT2D eigenvalue weighted by Gasteiger charge is -2.37. The van der Waals surface area contributed by atoms with Gasteiger partial charge in [-0.1, -0.05) is 29.8 Å². The molecule has 27 heavy (non-hydrogen) atoms. The number of rotatable bonds is 3. The Kier molecular flexibility index (Phi) is 5.41. The highest BCUT2D eigenvalue weighted by Gasteiger charge is 2.35. The first kappa shape index (κ1) is 19.1. The Bertz CT molecular complexity index is 948. The van der Waals surface area contributed by atoms with Crippen molar-refractivity contribution in [3.63, 3.8) is 0 Å². The topological polar surface area (TPSA) is 70.2 Å². The lowest BCUT2D eigenvalue weighted by atomic mass is 10.2. The smallest absolute Gasteiger partial charge is 0.282 e. The van der Waals surface area contributed by atoms with Gasteiger partial charge in [0.05, 0.1) is 18.2 Å². The van der Waals surface area contributed by atoms with Crippen LogP contribution in [0.1, 0.15) is 9.67 Å². The van der Waals surface area contributed by atoms with E-state index in [1.807, 2.05) is 24.3 Å². The van der Waals surface area contributed by atoms with Crippen LogP contribution in [-0.4, -0.2) is 80.3 Å². The first-order chi connectivity index (χ1) is 13.0. The maximum Gasteiger partial charge on any atom is 0.282 e. The molecule has 0 atom stereocenters. The molecule has 0 bridgehead atoms. The summed E-state index contributed by atoms with van der Waals surface area (Å²) in [4.78, 5) is 15.1. The van der Waals surface area contributed by atoms with Gasteiger partial charge in [-0.05, 0) is 6.07 Å². The van der Waals surface area contributed by atoms with Gasteiger partial charge in [-0.15, -0.1) is 11.3 Å². The molecule has 0 N–H and O–H groups in total. The van der Waals surface area contributed by atoms with E-state index in [1.54, 1.807) is 4.90 Å². The molecule has 3 heterocycles. The highest BCUT2D eigenvalue weighted by molar-refractivity contribution is 7.86. The zero-order valence-corrected chi connectivity index (χ0v) is 17.0. The first-order valence-corrected chi connectivity index (χ1v) is 11.4. The van der Waals surface area contributed by atoms with Crippen molar-refractivity contribution in [2.45, 2.75) is 0 Å². The van der Waals surface area contributed by atoms with Crippen LogP contribution in [-0.2, 0) is 14.9 Å². The van der Waals surface area contributed by atoms with Gasteiger partial charge in [0.2, 0.25) is 0 Å². The SMILES string of the molecule is O=C(c1sc2ccccc2c1Cl)N1CCN(S(=O)(=O)N2CCOCC2)CC1. The number of hydrogen-bond donors (Lipinski definition) is 0. The van der Waals surface area contributed by atoms with Crippen LogP contribution in [0.5, 0.6) is 0 Å². The molecule has 10 heteroatoms. The third-order valence-corrected chi connectivity index (χ3v) is 8.58. The van der Waals surface area contributed by atoms with E-state index in [1.165, 1.54) is 19.9 Å². The number of carbonyl (C=O) groups excluding carboxylic acids is 1. The average molecular weight is 430 g/mol. The number of hydrogen-bond acceptors (Lipinski definition) is 5. The number of nitrogens with zero attached hydrogens (tertiary/aromatic N) is 3. The van der Waals surface area contributed by atoms with Crippen molar-refractivity contribution in [1.29, 1.82) is 0 Å². The molecule has 2 aliphatic rings.